The summed E-state index contributed by atoms with van der Waals surface area (Å²) in [5, 5.41) is 22.9. The lowest BCUT2D eigenvalue weighted by atomic mass is 9.90. The van der Waals surface area contributed by atoms with Gasteiger partial charge in [-0.25, -0.2) is 13.2 Å². The highest BCUT2D eigenvalue weighted by Crippen LogP contribution is 2.42. The van der Waals surface area contributed by atoms with Crippen LogP contribution >= 0.6 is 10.8 Å². The molecule has 1 atom stereocenters. The van der Waals surface area contributed by atoms with Crippen LogP contribution in [0.2, 0.25) is 0 Å². The highest BCUT2D eigenvalue weighted by atomic mass is 33.1. The van der Waals surface area contributed by atoms with Crippen molar-refractivity contribution in [2.24, 2.45) is 5.73 Å². The van der Waals surface area contributed by atoms with Crippen molar-refractivity contribution in [3.8, 4) is 28.2 Å². The molecule has 1 aliphatic heterocycles. The number of carboxylic acids is 1. The summed E-state index contributed by atoms with van der Waals surface area (Å²) >= 11 is 0. The molecular weight excluding hydrogens is 508 g/mol. The Kier molecular flexibility index (Phi) is 6.76. The number of nitrogens with one attached hydrogen (secondary N) is 1. The quantitative estimate of drug-likeness (QED) is 0.206. The molecule has 0 radical (unpaired) electrons. The topological polar surface area (TPSA) is 177 Å². The van der Waals surface area contributed by atoms with E-state index in [9.17, 15) is 33.0 Å². The molecule has 1 heterocycles. The summed E-state index contributed by atoms with van der Waals surface area (Å²) in [4.78, 5) is 36.6. The first kappa shape index (κ1) is 25.2. The smallest absolute Gasteiger partial charge is 0.336 e. The molecule has 12 heteroatoms. The van der Waals surface area contributed by atoms with Gasteiger partial charge in [-0.3, -0.25) is 9.59 Å². The number of benzene rings is 3. The maximum absolute atomic E-state index is 12.4. The highest BCUT2D eigenvalue weighted by molar-refractivity contribution is 8.71. The first-order valence-electron chi connectivity index (χ1n) is 10.4. The monoisotopic (exact) mass is 528 g/mol. The fraction of sp³-hybridized carbons (Fsp3) is 0.125. The summed E-state index contributed by atoms with van der Waals surface area (Å²) in [6, 6.07) is 11.6. The molecule has 1 aliphatic carbocycles. The van der Waals surface area contributed by atoms with Crippen LogP contribution in [0.4, 0.5) is 5.69 Å². The number of carbonyl (C=O) groups is 2. The van der Waals surface area contributed by atoms with E-state index >= 15 is 0 Å². The maximum Gasteiger partial charge on any atom is 0.336 e. The van der Waals surface area contributed by atoms with Crippen molar-refractivity contribution in [2.75, 3.05) is 17.3 Å². The number of amides is 1. The number of hydrogen-bond acceptors (Lipinski definition) is 9. The standard InChI is InChI=1S/C24H20N2O8S2/c1-36(32,33)35-11-19(25)23(29)26-12-2-5-15(18(8-12)24(30)31)22-16-6-3-13(27)9-20(16)34-21-10-14(28)4-7-17(21)22/h2-10,19,27H,11,25H2,1H3,(H,26,29)(H,30,31)/t19-/m0/s1. The first-order chi connectivity index (χ1) is 16.9. The van der Waals surface area contributed by atoms with Gasteiger partial charge >= 0.3 is 5.97 Å². The van der Waals surface area contributed by atoms with Gasteiger partial charge < -0.3 is 25.7 Å². The van der Waals surface area contributed by atoms with E-state index in [1.807, 2.05) is 0 Å². The molecule has 4 rings (SSSR count). The molecular formula is C24H20N2O8S2. The summed E-state index contributed by atoms with van der Waals surface area (Å²) in [7, 11) is -2.85. The number of phenols is 1. The van der Waals surface area contributed by atoms with Crippen LogP contribution in [0.5, 0.6) is 5.75 Å². The molecule has 0 aromatic heterocycles. The molecule has 36 heavy (non-hydrogen) atoms. The molecule has 186 valence electrons. The summed E-state index contributed by atoms with van der Waals surface area (Å²) in [5.41, 5.74) is 6.92. The number of nitrogens with two attached hydrogens (primary N) is 1. The largest absolute Gasteiger partial charge is 0.508 e. The average Bonchev–Trinajstić information content (AvgIpc) is 2.80. The number of fused-ring (bicyclic) bond motifs is 2. The predicted molar refractivity (Wildman–Crippen MR) is 137 cm³/mol. The minimum absolute atomic E-state index is 0.0725. The molecule has 1 amide bonds. The molecule has 2 aromatic carbocycles. The van der Waals surface area contributed by atoms with Crippen molar-refractivity contribution >= 4 is 48.2 Å². The summed E-state index contributed by atoms with van der Waals surface area (Å²) in [6.07, 6.45) is 1.00. The lowest BCUT2D eigenvalue weighted by Crippen LogP contribution is -2.38. The Labute approximate surface area is 208 Å². The van der Waals surface area contributed by atoms with E-state index in [1.54, 1.807) is 6.07 Å². The van der Waals surface area contributed by atoms with Crippen LogP contribution in [0.1, 0.15) is 10.4 Å². The normalized spacial score (nSPS) is 12.5. The zero-order valence-corrected chi connectivity index (χ0v) is 20.4. The van der Waals surface area contributed by atoms with E-state index in [4.69, 9.17) is 10.2 Å². The van der Waals surface area contributed by atoms with Gasteiger partial charge in [0.25, 0.3) is 0 Å². The van der Waals surface area contributed by atoms with E-state index in [0.717, 1.165) is 6.26 Å². The van der Waals surface area contributed by atoms with Gasteiger partial charge in [0.1, 0.15) is 17.1 Å². The van der Waals surface area contributed by atoms with Crippen LogP contribution < -0.4 is 16.5 Å². The fourth-order valence-electron chi connectivity index (χ4n) is 3.67. The number of aromatic hydroxyl groups is 1. The number of hydrogen-bond donors (Lipinski definition) is 4. The summed E-state index contributed by atoms with van der Waals surface area (Å²) in [5.74, 6) is -1.99. The highest BCUT2D eigenvalue weighted by Gasteiger charge is 2.23. The molecule has 0 bridgehead atoms. The van der Waals surface area contributed by atoms with E-state index < -0.39 is 26.8 Å². The van der Waals surface area contributed by atoms with Crippen LogP contribution in [0, 0.1) is 0 Å². The van der Waals surface area contributed by atoms with Gasteiger partial charge in [-0.05, 0) is 52.8 Å². The zero-order chi connectivity index (χ0) is 26.2. The van der Waals surface area contributed by atoms with Gasteiger partial charge in [0.05, 0.1) is 11.6 Å². The minimum Gasteiger partial charge on any atom is -0.508 e. The van der Waals surface area contributed by atoms with E-state index in [1.165, 1.54) is 48.5 Å². The van der Waals surface area contributed by atoms with Crippen molar-refractivity contribution in [3.63, 3.8) is 0 Å². The second-order valence-corrected chi connectivity index (χ2v) is 12.5. The molecule has 2 aromatic rings. The average molecular weight is 529 g/mol. The van der Waals surface area contributed by atoms with E-state index in [-0.39, 0.29) is 45.1 Å². The van der Waals surface area contributed by atoms with Crippen molar-refractivity contribution in [2.45, 2.75) is 6.04 Å². The van der Waals surface area contributed by atoms with Crippen molar-refractivity contribution < 1.29 is 32.6 Å². The lowest BCUT2D eigenvalue weighted by molar-refractivity contribution is -0.116. The number of anilines is 1. The molecule has 0 saturated carbocycles. The van der Waals surface area contributed by atoms with Crippen molar-refractivity contribution in [1.29, 1.82) is 0 Å². The van der Waals surface area contributed by atoms with E-state index in [0.29, 0.717) is 27.3 Å². The summed E-state index contributed by atoms with van der Waals surface area (Å²) < 4.78 is 28.4. The Bertz CT molecular complexity index is 1650. The van der Waals surface area contributed by atoms with Crippen LogP contribution in [0.3, 0.4) is 0 Å². The molecule has 0 fully saturated rings. The third-order valence-electron chi connectivity index (χ3n) is 5.26. The fourth-order valence-corrected chi connectivity index (χ4v) is 5.40. The van der Waals surface area contributed by atoms with Crippen LogP contribution in [0.15, 0.2) is 63.8 Å². The van der Waals surface area contributed by atoms with Crippen molar-refractivity contribution in [1.82, 2.24) is 0 Å². The number of aromatic carboxylic acids is 1. The summed E-state index contributed by atoms with van der Waals surface area (Å²) in [6.45, 7) is 0. The van der Waals surface area contributed by atoms with E-state index in [2.05, 4.69) is 5.32 Å². The van der Waals surface area contributed by atoms with Crippen LogP contribution in [-0.4, -0.2) is 48.6 Å². The third kappa shape index (κ3) is 5.35. The molecule has 0 spiro atoms. The Morgan fingerprint density at radius 3 is 2.50 bits per heavy atom. The second-order valence-electron chi connectivity index (χ2n) is 7.97. The SMILES string of the molecule is CS(=O)(=O)SC[C@H](N)C(=O)Nc1ccc(-c2c3ccc(=O)cc-3oc3cc(O)ccc23)c(C(=O)O)c1. The van der Waals surface area contributed by atoms with Gasteiger partial charge in [-0.2, -0.15) is 0 Å². The zero-order valence-electron chi connectivity index (χ0n) is 18.7. The Morgan fingerprint density at radius 2 is 1.81 bits per heavy atom. The van der Waals surface area contributed by atoms with Gasteiger partial charge in [-0.15, -0.1) is 0 Å². The number of rotatable bonds is 7. The van der Waals surface area contributed by atoms with Crippen LogP contribution in [0.25, 0.3) is 33.4 Å². The maximum atomic E-state index is 12.4. The van der Waals surface area contributed by atoms with Crippen LogP contribution in [-0.2, 0) is 13.7 Å². The molecule has 5 N–H and O–H groups in total. The molecule has 0 saturated heterocycles. The second kappa shape index (κ2) is 9.64. The number of carbonyl (C=O) groups excluding carboxylic acids is 1. The molecule has 2 aliphatic rings. The van der Waals surface area contributed by atoms with Gasteiger partial charge in [0.2, 0.25) is 5.91 Å². The third-order valence-corrected chi connectivity index (χ3v) is 7.88. The Balaban J connectivity index is 1.81. The number of carboxylic acid groups (broad SMARTS) is 1. The molecule has 10 nitrogen and oxygen atoms in total. The van der Waals surface area contributed by atoms with Gasteiger partial charge in [-0.1, -0.05) is 6.07 Å². The lowest BCUT2D eigenvalue weighted by Gasteiger charge is -2.18. The van der Waals surface area contributed by atoms with Gasteiger partial charge in [0, 0.05) is 46.3 Å². The Morgan fingerprint density at radius 1 is 1.08 bits per heavy atom. The number of phenolic OH excluding ortho intramolecular Hbond substituents is 1. The van der Waals surface area contributed by atoms with Crippen molar-refractivity contribution in [3.05, 3.63) is 70.4 Å². The minimum atomic E-state index is -3.39. The van der Waals surface area contributed by atoms with Gasteiger partial charge in [0.15, 0.2) is 14.3 Å². The Hall–Kier alpha value is -3.87. The molecule has 0 unspecified atom stereocenters. The predicted octanol–water partition coefficient (Wildman–Crippen LogP) is 2.93. The first-order valence-corrected chi connectivity index (χ1v) is 13.8.